The molecular weight excluding hydrogens is 392 g/mol. The van der Waals surface area contributed by atoms with Gasteiger partial charge in [-0.05, 0) is 57.5 Å². The molecule has 0 amide bonds. The van der Waals surface area contributed by atoms with E-state index in [1.54, 1.807) is 7.11 Å². The second-order valence-corrected chi connectivity index (χ2v) is 8.57. The van der Waals surface area contributed by atoms with Crippen molar-refractivity contribution < 1.29 is 14.2 Å². The van der Waals surface area contributed by atoms with Crippen LogP contribution in [0.25, 0.3) is 21.8 Å². The van der Waals surface area contributed by atoms with Gasteiger partial charge in [0, 0.05) is 37.8 Å². The smallest absolute Gasteiger partial charge is 0.223 e. The Bertz CT molecular complexity index is 1050. The Hall–Kier alpha value is -2.51. The van der Waals surface area contributed by atoms with Crippen LogP contribution in [0.3, 0.4) is 0 Å². The molecule has 0 spiro atoms. The van der Waals surface area contributed by atoms with Crippen molar-refractivity contribution in [1.82, 2.24) is 19.8 Å². The number of ether oxygens (including phenoxy) is 3. The summed E-state index contributed by atoms with van der Waals surface area (Å²) in [5.74, 6) is 2.23. The number of nitrogens with zero attached hydrogens (tertiary/aromatic N) is 3. The van der Waals surface area contributed by atoms with Crippen LogP contribution in [0.15, 0.2) is 24.4 Å². The topological polar surface area (TPSA) is 60.8 Å². The van der Waals surface area contributed by atoms with Crippen LogP contribution in [0, 0.1) is 0 Å². The summed E-state index contributed by atoms with van der Waals surface area (Å²) >= 11 is 0. The summed E-state index contributed by atoms with van der Waals surface area (Å²) < 4.78 is 20.3. The van der Waals surface area contributed by atoms with Crippen molar-refractivity contribution in [2.45, 2.75) is 31.8 Å². The second-order valence-electron chi connectivity index (χ2n) is 8.57. The molecule has 2 fully saturated rings. The number of nitrogens with one attached hydrogen (secondary N) is 1. The number of methoxy groups -OCH3 is 1. The van der Waals surface area contributed by atoms with Crippen molar-refractivity contribution in [3.8, 4) is 17.4 Å². The van der Waals surface area contributed by atoms with Crippen molar-refractivity contribution in [2.24, 2.45) is 7.05 Å². The lowest BCUT2D eigenvalue weighted by atomic mass is 10.1. The van der Waals surface area contributed by atoms with E-state index in [1.807, 2.05) is 12.3 Å². The molecule has 5 rings (SSSR count). The molecule has 2 aliphatic rings. The highest BCUT2D eigenvalue weighted by Crippen LogP contribution is 2.40. The van der Waals surface area contributed by atoms with Crippen molar-refractivity contribution in [3.63, 3.8) is 0 Å². The highest BCUT2D eigenvalue weighted by atomic mass is 16.5. The summed E-state index contributed by atoms with van der Waals surface area (Å²) in [5.41, 5.74) is 2.19. The van der Waals surface area contributed by atoms with Crippen LogP contribution in [0.4, 0.5) is 0 Å². The van der Waals surface area contributed by atoms with E-state index in [-0.39, 0.29) is 6.10 Å². The SMILES string of the molecule is COc1cc2c3c(OC4CCNC4)nccc3n(C)c2cc1OCCCN1CCCC1. The number of rotatable bonds is 8. The van der Waals surface area contributed by atoms with Crippen LogP contribution in [0.1, 0.15) is 25.7 Å². The molecule has 0 bridgehead atoms. The normalized spacial score (nSPS) is 19.5. The quantitative estimate of drug-likeness (QED) is 0.560. The van der Waals surface area contributed by atoms with E-state index in [1.165, 1.54) is 25.9 Å². The Morgan fingerprint density at radius 1 is 1.16 bits per heavy atom. The van der Waals surface area contributed by atoms with Gasteiger partial charge in [0.25, 0.3) is 0 Å². The van der Waals surface area contributed by atoms with Crippen LogP contribution in [-0.2, 0) is 7.05 Å². The lowest BCUT2D eigenvalue weighted by Crippen LogP contribution is -2.21. The van der Waals surface area contributed by atoms with E-state index < -0.39 is 0 Å². The van der Waals surface area contributed by atoms with E-state index in [4.69, 9.17) is 14.2 Å². The number of fused-ring (bicyclic) bond motifs is 3. The van der Waals surface area contributed by atoms with Crippen LogP contribution >= 0.6 is 0 Å². The fourth-order valence-corrected chi connectivity index (χ4v) is 4.85. The molecule has 2 aromatic heterocycles. The Kier molecular flexibility index (Phi) is 5.87. The van der Waals surface area contributed by atoms with Crippen LogP contribution in [0.2, 0.25) is 0 Å². The highest BCUT2D eigenvalue weighted by Gasteiger charge is 2.22. The van der Waals surface area contributed by atoms with Crippen molar-refractivity contribution >= 4 is 21.8 Å². The summed E-state index contributed by atoms with van der Waals surface area (Å²) in [6.07, 6.45) is 6.66. The number of aromatic nitrogens is 2. The maximum absolute atomic E-state index is 6.28. The maximum Gasteiger partial charge on any atom is 0.223 e. The molecule has 4 heterocycles. The predicted molar refractivity (Wildman–Crippen MR) is 122 cm³/mol. The zero-order valence-corrected chi connectivity index (χ0v) is 18.5. The molecule has 3 aromatic rings. The van der Waals surface area contributed by atoms with Gasteiger partial charge in [-0.25, -0.2) is 4.98 Å². The molecule has 7 heteroatoms. The molecule has 1 atom stereocenters. The zero-order chi connectivity index (χ0) is 21.2. The number of aryl methyl sites for hydroxylation is 1. The summed E-state index contributed by atoms with van der Waals surface area (Å²) in [6.45, 7) is 6.08. The minimum Gasteiger partial charge on any atom is -0.493 e. The molecule has 31 heavy (non-hydrogen) atoms. The van der Waals surface area contributed by atoms with Crippen LogP contribution < -0.4 is 19.5 Å². The third kappa shape index (κ3) is 4.04. The number of hydrogen-bond donors (Lipinski definition) is 1. The van der Waals surface area contributed by atoms with Gasteiger partial charge >= 0.3 is 0 Å². The molecule has 2 saturated heterocycles. The van der Waals surface area contributed by atoms with Crippen molar-refractivity contribution in [2.75, 3.05) is 46.4 Å². The van der Waals surface area contributed by atoms with Gasteiger partial charge in [0.15, 0.2) is 11.5 Å². The molecule has 7 nitrogen and oxygen atoms in total. The molecular formula is C24H32N4O3. The van der Waals surface area contributed by atoms with E-state index in [0.29, 0.717) is 12.5 Å². The zero-order valence-electron chi connectivity index (χ0n) is 18.5. The number of pyridine rings is 1. The average Bonchev–Trinajstić information content (AvgIpc) is 3.54. The van der Waals surface area contributed by atoms with Gasteiger partial charge < -0.3 is 29.0 Å². The van der Waals surface area contributed by atoms with E-state index in [9.17, 15) is 0 Å². The summed E-state index contributed by atoms with van der Waals surface area (Å²) in [5, 5.41) is 5.46. The lowest BCUT2D eigenvalue weighted by molar-refractivity contribution is 0.217. The van der Waals surface area contributed by atoms with Crippen LogP contribution in [0.5, 0.6) is 17.4 Å². The van der Waals surface area contributed by atoms with Crippen molar-refractivity contribution in [3.05, 3.63) is 24.4 Å². The van der Waals surface area contributed by atoms with Crippen LogP contribution in [-0.4, -0.2) is 67.0 Å². The summed E-state index contributed by atoms with van der Waals surface area (Å²) in [7, 11) is 3.78. The first kappa shape index (κ1) is 20.4. The number of likely N-dealkylation sites (tertiary alicyclic amines) is 1. The number of benzene rings is 1. The third-order valence-electron chi connectivity index (χ3n) is 6.54. The highest BCUT2D eigenvalue weighted by molar-refractivity contribution is 6.11. The van der Waals surface area contributed by atoms with Crippen molar-refractivity contribution in [1.29, 1.82) is 0 Å². The first-order chi connectivity index (χ1) is 15.2. The van der Waals surface area contributed by atoms with E-state index >= 15 is 0 Å². The lowest BCUT2D eigenvalue weighted by Gasteiger charge is -2.15. The van der Waals surface area contributed by atoms with Gasteiger partial charge in [-0.1, -0.05) is 0 Å². The average molecular weight is 425 g/mol. The predicted octanol–water partition coefficient (Wildman–Crippen LogP) is 3.34. The van der Waals surface area contributed by atoms with E-state index in [2.05, 4.69) is 38.9 Å². The first-order valence-corrected chi connectivity index (χ1v) is 11.4. The summed E-state index contributed by atoms with van der Waals surface area (Å²) in [4.78, 5) is 7.09. The van der Waals surface area contributed by atoms with E-state index in [0.717, 1.165) is 65.8 Å². The molecule has 0 aliphatic carbocycles. The largest absolute Gasteiger partial charge is 0.493 e. The van der Waals surface area contributed by atoms with Gasteiger partial charge in [-0.15, -0.1) is 0 Å². The third-order valence-corrected chi connectivity index (χ3v) is 6.54. The Labute approximate surface area is 183 Å². The molecule has 0 saturated carbocycles. The first-order valence-electron chi connectivity index (χ1n) is 11.4. The van der Waals surface area contributed by atoms with Gasteiger partial charge in [0.2, 0.25) is 5.88 Å². The minimum absolute atomic E-state index is 0.161. The Balaban J connectivity index is 1.43. The van der Waals surface area contributed by atoms with Gasteiger partial charge in [-0.3, -0.25) is 0 Å². The fourth-order valence-electron chi connectivity index (χ4n) is 4.85. The molecule has 0 radical (unpaired) electrons. The second kappa shape index (κ2) is 8.93. The van der Waals surface area contributed by atoms with Gasteiger partial charge in [0.1, 0.15) is 6.10 Å². The Morgan fingerprint density at radius 2 is 2.03 bits per heavy atom. The van der Waals surface area contributed by atoms with Gasteiger partial charge in [-0.2, -0.15) is 0 Å². The summed E-state index contributed by atoms with van der Waals surface area (Å²) in [6, 6.07) is 6.19. The fraction of sp³-hybridized carbons (Fsp3) is 0.542. The minimum atomic E-state index is 0.161. The Morgan fingerprint density at radius 3 is 2.81 bits per heavy atom. The molecule has 2 aliphatic heterocycles. The maximum atomic E-state index is 6.28. The standard InChI is InChI=1S/C24H32N4O3/c1-27-19-7-9-26-24(31-17-6-8-25-16-17)23(19)18-14-21(29-2)22(15-20(18)27)30-13-5-12-28-10-3-4-11-28/h7,9,14-15,17,25H,3-6,8,10-13,16H2,1-2H3. The molecule has 1 aromatic carbocycles. The molecule has 166 valence electrons. The monoisotopic (exact) mass is 424 g/mol. The molecule has 1 unspecified atom stereocenters. The van der Waals surface area contributed by atoms with Gasteiger partial charge in [0.05, 0.1) is 30.1 Å². The molecule has 1 N–H and O–H groups in total. The number of hydrogen-bond acceptors (Lipinski definition) is 6.